The van der Waals surface area contributed by atoms with Gasteiger partial charge in [0.15, 0.2) is 0 Å². The Hall–Kier alpha value is -4.00. The number of piperidine rings is 1. The van der Waals surface area contributed by atoms with E-state index < -0.39 is 10.8 Å². The van der Waals surface area contributed by atoms with Crippen LogP contribution in [0.15, 0.2) is 60.8 Å². The van der Waals surface area contributed by atoms with Gasteiger partial charge in [-0.15, -0.1) is 0 Å². The average Bonchev–Trinajstić information content (AvgIpc) is 3.39. The van der Waals surface area contributed by atoms with Crippen LogP contribution >= 0.6 is 0 Å². The lowest BCUT2D eigenvalue weighted by Crippen LogP contribution is -2.50. The first kappa shape index (κ1) is 24.3. The number of anilines is 2. The molecule has 7 nitrogen and oxygen atoms in total. The summed E-state index contributed by atoms with van der Waals surface area (Å²) in [6.45, 7) is 5.94. The Bertz CT molecular complexity index is 1480. The standard InChI is InChI=1S/C31H32N4O3/c1-19-6-4-7-20(14-19)25-11-12-30(2,3)29(38)35(25)18-26(36)33-23-10-9-21-16-31(17-22(21)15-23)24-8-5-13-32-27(24)34-28(31)37/h4-10,13-15,25H,11-12,16-18H2,1-3H3,(H,33,36)(H,32,34,37)/t25-,31?/m0/s1. The number of aromatic nitrogens is 1. The first-order valence-electron chi connectivity index (χ1n) is 13.2. The minimum Gasteiger partial charge on any atom is -0.326 e. The van der Waals surface area contributed by atoms with Crippen molar-refractivity contribution < 1.29 is 14.4 Å². The molecule has 1 aromatic heterocycles. The van der Waals surface area contributed by atoms with Crippen LogP contribution in [0.3, 0.4) is 0 Å². The van der Waals surface area contributed by atoms with Gasteiger partial charge in [0.25, 0.3) is 0 Å². The van der Waals surface area contributed by atoms with E-state index in [2.05, 4.69) is 21.7 Å². The van der Waals surface area contributed by atoms with Crippen molar-refractivity contribution in [2.24, 2.45) is 5.41 Å². The summed E-state index contributed by atoms with van der Waals surface area (Å²) in [6, 6.07) is 17.7. The van der Waals surface area contributed by atoms with Crippen LogP contribution < -0.4 is 10.6 Å². The normalized spacial score (nSPS) is 23.2. The van der Waals surface area contributed by atoms with Gasteiger partial charge < -0.3 is 15.5 Å². The highest BCUT2D eigenvalue weighted by molar-refractivity contribution is 6.06. The molecule has 1 aliphatic carbocycles. The number of aryl methyl sites for hydroxylation is 1. The number of rotatable bonds is 4. The summed E-state index contributed by atoms with van der Waals surface area (Å²) in [6.07, 6.45) is 4.45. The lowest BCUT2D eigenvalue weighted by Gasteiger charge is -2.43. The number of nitrogens with one attached hydrogen (secondary N) is 2. The van der Waals surface area contributed by atoms with Crippen molar-refractivity contribution in [1.82, 2.24) is 9.88 Å². The number of fused-ring (bicyclic) bond motifs is 3. The number of carbonyl (C=O) groups is 3. The molecule has 1 unspecified atom stereocenters. The number of hydrogen-bond donors (Lipinski definition) is 2. The highest BCUT2D eigenvalue weighted by Crippen LogP contribution is 2.47. The quantitative estimate of drug-likeness (QED) is 0.534. The van der Waals surface area contributed by atoms with E-state index in [1.165, 1.54) is 0 Å². The van der Waals surface area contributed by atoms with Gasteiger partial charge in [-0.2, -0.15) is 0 Å². The molecule has 7 heteroatoms. The van der Waals surface area contributed by atoms with Crippen LogP contribution in [-0.4, -0.2) is 34.2 Å². The van der Waals surface area contributed by atoms with Crippen LogP contribution in [0.5, 0.6) is 0 Å². The molecule has 3 heterocycles. The second-order valence-electron chi connectivity index (χ2n) is 11.6. The molecule has 0 radical (unpaired) electrons. The van der Waals surface area contributed by atoms with E-state index >= 15 is 0 Å². The van der Waals surface area contributed by atoms with Gasteiger partial charge in [-0.25, -0.2) is 4.98 Å². The third kappa shape index (κ3) is 3.97. The van der Waals surface area contributed by atoms with Crippen LogP contribution in [0.1, 0.15) is 60.5 Å². The molecule has 38 heavy (non-hydrogen) atoms. The summed E-state index contributed by atoms with van der Waals surface area (Å²) < 4.78 is 0. The highest BCUT2D eigenvalue weighted by Gasteiger charge is 2.51. The SMILES string of the molecule is Cc1cccc([C@@H]2CCC(C)(C)C(=O)N2CC(=O)Nc2ccc3c(c2)CC2(C3)C(=O)Nc3ncccc32)c1. The number of amides is 3. The van der Waals surface area contributed by atoms with Gasteiger partial charge in [0.1, 0.15) is 12.4 Å². The molecule has 2 aromatic carbocycles. The summed E-state index contributed by atoms with van der Waals surface area (Å²) >= 11 is 0. The molecule has 2 atom stereocenters. The van der Waals surface area contributed by atoms with Gasteiger partial charge in [-0.05, 0) is 67.5 Å². The first-order chi connectivity index (χ1) is 18.2. The van der Waals surface area contributed by atoms with Crippen LogP contribution in [0.25, 0.3) is 0 Å². The molecule has 3 aliphatic rings. The van der Waals surface area contributed by atoms with E-state index in [0.29, 0.717) is 24.3 Å². The fourth-order valence-electron chi connectivity index (χ4n) is 6.40. The van der Waals surface area contributed by atoms with Crippen molar-refractivity contribution in [1.29, 1.82) is 0 Å². The summed E-state index contributed by atoms with van der Waals surface area (Å²) in [5.41, 5.74) is 4.79. The second-order valence-corrected chi connectivity index (χ2v) is 11.6. The van der Waals surface area contributed by atoms with E-state index in [4.69, 9.17) is 0 Å². The fraction of sp³-hybridized carbons (Fsp3) is 0.355. The minimum atomic E-state index is -0.651. The molecule has 3 aromatic rings. The predicted molar refractivity (Wildman–Crippen MR) is 146 cm³/mol. The largest absolute Gasteiger partial charge is 0.326 e. The van der Waals surface area contributed by atoms with Crippen molar-refractivity contribution in [2.45, 2.75) is 57.9 Å². The molecule has 1 saturated heterocycles. The Balaban J connectivity index is 1.21. The maximum Gasteiger partial charge on any atom is 0.244 e. The van der Waals surface area contributed by atoms with Crippen LogP contribution in [0.4, 0.5) is 11.5 Å². The van der Waals surface area contributed by atoms with E-state index in [0.717, 1.165) is 40.7 Å². The van der Waals surface area contributed by atoms with Gasteiger partial charge in [-0.3, -0.25) is 14.4 Å². The Morgan fingerprint density at radius 2 is 1.89 bits per heavy atom. The average molecular weight is 509 g/mol. The number of nitrogens with zero attached hydrogens (tertiary/aromatic N) is 2. The predicted octanol–water partition coefficient (Wildman–Crippen LogP) is 4.71. The van der Waals surface area contributed by atoms with E-state index in [1.54, 1.807) is 11.1 Å². The monoisotopic (exact) mass is 508 g/mol. The topological polar surface area (TPSA) is 91.4 Å². The molecule has 0 bridgehead atoms. The Labute approximate surface area is 222 Å². The zero-order valence-electron chi connectivity index (χ0n) is 22.0. The molecule has 2 N–H and O–H groups in total. The minimum absolute atomic E-state index is 0.000761. The molecular formula is C31H32N4O3. The summed E-state index contributed by atoms with van der Waals surface area (Å²) in [5.74, 6) is 0.382. The summed E-state index contributed by atoms with van der Waals surface area (Å²) in [5, 5.41) is 5.95. The van der Waals surface area contributed by atoms with Gasteiger partial charge >= 0.3 is 0 Å². The number of likely N-dealkylation sites (tertiary alicyclic amines) is 1. The molecule has 2 aliphatic heterocycles. The summed E-state index contributed by atoms with van der Waals surface area (Å²) in [4.78, 5) is 45.8. The van der Waals surface area contributed by atoms with Crippen molar-refractivity contribution in [2.75, 3.05) is 17.2 Å². The molecule has 6 rings (SSSR count). The van der Waals surface area contributed by atoms with Crippen LogP contribution in [0, 0.1) is 12.3 Å². The molecule has 1 fully saturated rings. The van der Waals surface area contributed by atoms with E-state index in [-0.39, 0.29) is 30.3 Å². The fourth-order valence-corrected chi connectivity index (χ4v) is 6.40. The molecule has 0 saturated carbocycles. The number of pyridine rings is 1. The Morgan fingerprint density at radius 1 is 1.08 bits per heavy atom. The Kier molecular flexibility index (Phi) is 5.63. The van der Waals surface area contributed by atoms with E-state index in [9.17, 15) is 14.4 Å². The lowest BCUT2D eigenvalue weighted by molar-refractivity contribution is -0.150. The zero-order valence-corrected chi connectivity index (χ0v) is 22.0. The zero-order chi connectivity index (χ0) is 26.7. The van der Waals surface area contributed by atoms with Crippen molar-refractivity contribution in [3.8, 4) is 0 Å². The van der Waals surface area contributed by atoms with Crippen LogP contribution in [0.2, 0.25) is 0 Å². The lowest BCUT2D eigenvalue weighted by atomic mass is 9.78. The van der Waals surface area contributed by atoms with Crippen molar-refractivity contribution in [3.05, 3.63) is 88.6 Å². The smallest absolute Gasteiger partial charge is 0.244 e. The maximum atomic E-state index is 13.4. The number of carbonyl (C=O) groups excluding carboxylic acids is 3. The molecule has 194 valence electrons. The maximum absolute atomic E-state index is 13.4. The number of benzene rings is 2. The Morgan fingerprint density at radius 3 is 2.71 bits per heavy atom. The second kappa shape index (κ2) is 8.79. The van der Waals surface area contributed by atoms with Gasteiger partial charge in [0, 0.05) is 22.9 Å². The van der Waals surface area contributed by atoms with Gasteiger partial charge in [0.05, 0.1) is 11.5 Å². The van der Waals surface area contributed by atoms with Gasteiger partial charge in [0.2, 0.25) is 17.7 Å². The van der Waals surface area contributed by atoms with Crippen molar-refractivity contribution >= 4 is 29.2 Å². The third-order valence-corrected chi connectivity index (χ3v) is 8.46. The van der Waals surface area contributed by atoms with Gasteiger partial charge in [-0.1, -0.05) is 55.8 Å². The first-order valence-corrected chi connectivity index (χ1v) is 13.2. The third-order valence-electron chi connectivity index (χ3n) is 8.46. The number of hydrogen-bond acceptors (Lipinski definition) is 4. The molecule has 1 spiro atoms. The highest BCUT2D eigenvalue weighted by atomic mass is 16.2. The van der Waals surface area contributed by atoms with Crippen LogP contribution in [-0.2, 0) is 32.6 Å². The molecule has 3 amide bonds. The summed E-state index contributed by atoms with van der Waals surface area (Å²) in [7, 11) is 0. The van der Waals surface area contributed by atoms with Crippen molar-refractivity contribution in [3.63, 3.8) is 0 Å². The van der Waals surface area contributed by atoms with E-state index in [1.807, 2.05) is 69.3 Å². The molecular weight excluding hydrogens is 476 g/mol.